The fourth-order valence-electron chi connectivity index (χ4n) is 4.21. The van der Waals surface area contributed by atoms with Crippen molar-refractivity contribution in [3.8, 4) is 0 Å². The number of carbonyl (C=O) groups is 2. The Balaban J connectivity index is 1.38. The Morgan fingerprint density at radius 2 is 1.72 bits per heavy atom. The summed E-state index contributed by atoms with van der Waals surface area (Å²) >= 11 is 3.18. The van der Waals surface area contributed by atoms with Crippen LogP contribution >= 0.6 is 23.1 Å². The molecule has 1 amide bonds. The van der Waals surface area contributed by atoms with Crippen LogP contribution in [0.1, 0.15) is 72.6 Å². The van der Waals surface area contributed by atoms with Crippen LogP contribution < -0.4 is 5.32 Å². The number of carbonyl (C=O) groups excluding carboxylic acids is 1. The lowest BCUT2D eigenvalue weighted by Crippen LogP contribution is -2.31. The van der Waals surface area contributed by atoms with Crippen molar-refractivity contribution >= 4 is 40.7 Å². The first-order valence-electron chi connectivity index (χ1n) is 12.9. The van der Waals surface area contributed by atoms with Gasteiger partial charge in [-0.1, -0.05) is 65.9 Å². The summed E-state index contributed by atoms with van der Waals surface area (Å²) in [6.07, 6.45) is 2.24. The number of aromatic nitrogens is 2. The molecule has 3 N–H and O–H groups in total. The van der Waals surface area contributed by atoms with Crippen molar-refractivity contribution in [3.05, 3.63) is 70.2 Å². The molecule has 208 valence electrons. The number of unbranched alkanes of at least 4 members (excludes halogenated alkanes) is 2. The van der Waals surface area contributed by atoms with E-state index in [-0.39, 0.29) is 31.1 Å². The quantitative estimate of drug-likeness (QED) is 0.176. The molecule has 11 heteroatoms. The molecule has 0 aliphatic carbocycles. The highest BCUT2D eigenvalue weighted by atomic mass is 32.2. The monoisotopic (exact) mass is 571 g/mol. The lowest BCUT2D eigenvalue weighted by atomic mass is 10.0. The van der Waals surface area contributed by atoms with E-state index in [4.69, 9.17) is 14.6 Å². The van der Waals surface area contributed by atoms with Crippen LogP contribution in [0.15, 0.2) is 52.9 Å². The van der Waals surface area contributed by atoms with Gasteiger partial charge in [0, 0.05) is 36.3 Å². The molecule has 1 aliphatic rings. The molecule has 1 aromatic heterocycles. The van der Waals surface area contributed by atoms with Crippen molar-refractivity contribution in [3.63, 3.8) is 0 Å². The molecule has 0 unspecified atom stereocenters. The number of anilines is 1. The summed E-state index contributed by atoms with van der Waals surface area (Å²) < 4.78 is 13.6. The number of hydrogen-bond acceptors (Lipinski definition) is 9. The molecule has 2 heterocycles. The summed E-state index contributed by atoms with van der Waals surface area (Å²) in [5, 5.41) is 30.2. The van der Waals surface area contributed by atoms with Crippen molar-refractivity contribution in [1.29, 1.82) is 0 Å². The number of aliphatic hydroxyl groups excluding tert-OH is 1. The standard InChI is InChI=1S/C28H33N3O6S2/c1-18-30-31-28(39-18)38-17-23-15-24(20-9-7-19(16-32)8-10-20)37-27(36-23)21-11-13-22(14-12-21)29-25(33)5-3-2-4-6-26(34)35/h7-14,23-24,27,32H,2-6,15-17H2,1H3,(H,29,33)(H,34,35)/t23-,24+,27+/m0/s1. The minimum Gasteiger partial charge on any atom is -0.481 e. The first-order chi connectivity index (χ1) is 18.9. The number of amides is 1. The zero-order valence-corrected chi connectivity index (χ0v) is 23.4. The number of hydrogen-bond donors (Lipinski definition) is 3. The van der Waals surface area contributed by atoms with Gasteiger partial charge in [-0.25, -0.2) is 0 Å². The molecule has 1 saturated heterocycles. The van der Waals surface area contributed by atoms with Gasteiger partial charge in [0.15, 0.2) is 10.6 Å². The number of carboxylic acid groups (broad SMARTS) is 1. The maximum atomic E-state index is 12.3. The lowest BCUT2D eigenvalue weighted by molar-refractivity contribution is -0.245. The van der Waals surface area contributed by atoms with Crippen LogP contribution in [-0.4, -0.2) is 44.1 Å². The van der Waals surface area contributed by atoms with E-state index >= 15 is 0 Å². The largest absolute Gasteiger partial charge is 0.481 e. The van der Waals surface area contributed by atoms with Gasteiger partial charge in [-0.3, -0.25) is 9.59 Å². The SMILES string of the molecule is Cc1nnc(SC[C@@H]2C[C@H](c3ccc(CO)cc3)O[C@H](c3ccc(NC(=O)CCCCCC(=O)O)cc3)O2)s1. The van der Waals surface area contributed by atoms with Gasteiger partial charge in [0.2, 0.25) is 5.91 Å². The summed E-state index contributed by atoms with van der Waals surface area (Å²) in [6.45, 7) is 1.93. The van der Waals surface area contributed by atoms with E-state index in [0.717, 1.165) is 26.0 Å². The number of carboxylic acids is 1. The van der Waals surface area contributed by atoms with Crippen molar-refractivity contribution in [2.75, 3.05) is 11.1 Å². The Labute approximate surface area is 236 Å². The Morgan fingerprint density at radius 1 is 1.00 bits per heavy atom. The molecular weight excluding hydrogens is 538 g/mol. The second kappa shape index (κ2) is 14.5. The summed E-state index contributed by atoms with van der Waals surface area (Å²) in [5.74, 6) is -0.202. The van der Waals surface area contributed by atoms with Gasteiger partial charge in [0.1, 0.15) is 5.01 Å². The predicted molar refractivity (Wildman–Crippen MR) is 150 cm³/mol. The highest BCUT2D eigenvalue weighted by molar-refractivity contribution is 8.01. The summed E-state index contributed by atoms with van der Waals surface area (Å²) in [5.41, 5.74) is 3.40. The van der Waals surface area contributed by atoms with Crippen LogP contribution in [0.3, 0.4) is 0 Å². The van der Waals surface area contributed by atoms with Gasteiger partial charge >= 0.3 is 5.97 Å². The van der Waals surface area contributed by atoms with Gasteiger partial charge in [0.05, 0.1) is 18.8 Å². The molecule has 0 spiro atoms. The molecule has 3 atom stereocenters. The lowest BCUT2D eigenvalue weighted by Gasteiger charge is -2.36. The maximum Gasteiger partial charge on any atom is 0.303 e. The molecule has 1 aliphatic heterocycles. The number of nitrogens with one attached hydrogen (secondary N) is 1. The van der Waals surface area contributed by atoms with Crippen LogP contribution in [0.2, 0.25) is 0 Å². The number of nitrogens with zero attached hydrogens (tertiary/aromatic N) is 2. The molecule has 0 radical (unpaired) electrons. The zero-order chi connectivity index (χ0) is 27.6. The minimum absolute atomic E-state index is 0.00825. The second-order valence-electron chi connectivity index (χ2n) is 9.37. The van der Waals surface area contributed by atoms with E-state index in [1.807, 2.05) is 55.5 Å². The average Bonchev–Trinajstić information content (AvgIpc) is 3.36. The Morgan fingerprint density at radius 3 is 2.38 bits per heavy atom. The maximum absolute atomic E-state index is 12.3. The fourth-order valence-corrected chi connectivity index (χ4v) is 6.07. The molecule has 4 rings (SSSR count). The number of aryl methyl sites for hydroxylation is 1. The van der Waals surface area contributed by atoms with E-state index in [1.165, 1.54) is 0 Å². The highest BCUT2D eigenvalue weighted by Gasteiger charge is 2.32. The van der Waals surface area contributed by atoms with Gasteiger partial charge < -0.3 is 25.0 Å². The number of benzene rings is 2. The predicted octanol–water partition coefficient (Wildman–Crippen LogP) is 5.65. The minimum atomic E-state index is -0.812. The molecule has 39 heavy (non-hydrogen) atoms. The number of rotatable bonds is 13. The topological polar surface area (TPSA) is 131 Å². The summed E-state index contributed by atoms with van der Waals surface area (Å²) in [6, 6.07) is 15.2. The van der Waals surface area contributed by atoms with Crippen LogP contribution in [0, 0.1) is 6.92 Å². The number of aliphatic hydroxyl groups is 1. The zero-order valence-electron chi connectivity index (χ0n) is 21.7. The Kier molecular flexibility index (Phi) is 10.9. The first kappa shape index (κ1) is 29.2. The van der Waals surface area contributed by atoms with E-state index in [2.05, 4.69) is 15.5 Å². The van der Waals surface area contributed by atoms with E-state index in [9.17, 15) is 14.7 Å². The van der Waals surface area contributed by atoms with Crippen molar-refractivity contribution in [1.82, 2.24) is 10.2 Å². The fraction of sp³-hybridized carbons (Fsp3) is 0.429. The van der Waals surface area contributed by atoms with Gasteiger partial charge in [-0.05, 0) is 43.0 Å². The van der Waals surface area contributed by atoms with Crippen LogP contribution in [-0.2, 0) is 25.7 Å². The Bertz CT molecular complexity index is 1220. The second-order valence-corrected chi connectivity index (χ2v) is 11.8. The van der Waals surface area contributed by atoms with Gasteiger partial charge in [0.25, 0.3) is 0 Å². The molecular formula is C28H33N3O6S2. The van der Waals surface area contributed by atoms with Crippen molar-refractivity contribution < 1.29 is 29.3 Å². The Hall–Kier alpha value is -2.83. The summed E-state index contributed by atoms with van der Waals surface area (Å²) in [7, 11) is 0. The van der Waals surface area contributed by atoms with Crippen LogP contribution in [0.5, 0.6) is 0 Å². The molecule has 2 aromatic carbocycles. The molecule has 3 aromatic rings. The first-order valence-corrected chi connectivity index (χ1v) is 14.7. The number of thioether (sulfide) groups is 1. The van der Waals surface area contributed by atoms with Crippen LogP contribution in [0.25, 0.3) is 0 Å². The van der Waals surface area contributed by atoms with Crippen molar-refractivity contribution in [2.24, 2.45) is 0 Å². The third-order valence-electron chi connectivity index (χ3n) is 6.28. The van der Waals surface area contributed by atoms with Crippen LogP contribution in [0.4, 0.5) is 5.69 Å². The summed E-state index contributed by atoms with van der Waals surface area (Å²) in [4.78, 5) is 22.9. The van der Waals surface area contributed by atoms with E-state index < -0.39 is 12.3 Å². The number of ether oxygens (including phenoxy) is 2. The molecule has 1 fully saturated rings. The van der Waals surface area contributed by atoms with E-state index in [1.54, 1.807) is 23.1 Å². The molecule has 0 bridgehead atoms. The van der Waals surface area contributed by atoms with E-state index in [0.29, 0.717) is 43.5 Å². The molecule has 0 saturated carbocycles. The van der Waals surface area contributed by atoms with Crippen molar-refractivity contribution in [2.45, 2.75) is 74.9 Å². The van der Waals surface area contributed by atoms with Gasteiger partial charge in [-0.15, -0.1) is 10.2 Å². The molecule has 9 nitrogen and oxygen atoms in total. The smallest absolute Gasteiger partial charge is 0.303 e. The highest BCUT2D eigenvalue weighted by Crippen LogP contribution is 2.39. The number of aliphatic carboxylic acids is 1. The normalized spacial score (nSPS) is 19.1. The average molecular weight is 572 g/mol. The third kappa shape index (κ3) is 9.11. The third-order valence-corrected chi connectivity index (χ3v) is 8.38. The van der Waals surface area contributed by atoms with Gasteiger partial charge in [-0.2, -0.15) is 0 Å².